The van der Waals surface area contributed by atoms with Crippen LogP contribution in [0.25, 0.3) is 0 Å². The van der Waals surface area contributed by atoms with E-state index in [2.05, 4.69) is 0 Å². The first-order chi connectivity index (χ1) is 10.3. The summed E-state index contributed by atoms with van der Waals surface area (Å²) in [7, 11) is 1.43. The van der Waals surface area contributed by atoms with Crippen LogP contribution in [0.5, 0.6) is 0 Å². The summed E-state index contributed by atoms with van der Waals surface area (Å²) in [6.45, 7) is 1.61. The first-order valence-corrected chi connectivity index (χ1v) is 6.27. The van der Waals surface area contributed by atoms with Crippen LogP contribution in [0.15, 0.2) is 34.7 Å². The highest BCUT2D eigenvalue weighted by Gasteiger charge is 2.24. The summed E-state index contributed by atoms with van der Waals surface area (Å²) < 4.78 is 31.0. The van der Waals surface area contributed by atoms with Crippen molar-refractivity contribution in [3.05, 3.63) is 63.4 Å². The minimum absolute atomic E-state index is 0.205. The van der Waals surface area contributed by atoms with Crippen molar-refractivity contribution in [3.63, 3.8) is 0 Å². The van der Waals surface area contributed by atoms with Crippen molar-refractivity contribution >= 4 is 11.8 Å². The molecule has 22 heavy (non-hydrogen) atoms. The summed E-state index contributed by atoms with van der Waals surface area (Å²) in [5.41, 5.74) is 0.385. The van der Waals surface area contributed by atoms with E-state index < -0.39 is 34.4 Å². The first-order valence-electron chi connectivity index (χ1n) is 6.27. The molecule has 0 aliphatic rings. The lowest BCUT2D eigenvalue weighted by molar-refractivity contribution is -0.402. The van der Waals surface area contributed by atoms with Crippen LogP contribution in [0.4, 0.5) is 14.7 Å². The Bertz CT molecular complexity index is 729. The molecule has 1 unspecified atom stereocenters. The number of amides is 1. The van der Waals surface area contributed by atoms with Crippen LogP contribution in [0.2, 0.25) is 0 Å². The van der Waals surface area contributed by atoms with E-state index in [0.29, 0.717) is 5.56 Å². The zero-order valence-corrected chi connectivity index (χ0v) is 11.7. The number of nitrogens with zero attached hydrogens (tertiary/aromatic N) is 2. The molecule has 0 N–H and O–H groups in total. The molecule has 0 saturated heterocycles. The third-order valence-corrected chi connectivity index (χ3v) is 3.31. The maximum absolute atomic E-state index is 13.2. The Morgan fingerprint density at radius 2 is 1.95 bits per heavy atom. The largest absolute Gasteiger partial charge is 0.433 e. The molecular weight excluding hydrogens is 298 g/mol. The molecule has 0 aliphatic carbocycles. The number of carbonyl (C=O) groups excluding carboxylic acids is 1. The summed E-state index contributed by atoms with van der Waals surface area (Å²) >= 11 is 0. The molecule has 2 aromatic rings. The molecule has 1 atom stereocenters. The highest BCUT2D eigenvalue weighted by molar-refractivity contribution is 5.91. The molecule has 8 heteroatoms. The van der Waals surface area contributed by atoms with Gasteiger partial charge in [0.2, 0.25) is 0 Å². The van der Waals surface area contributed by atoms with Crippen LogP contribution in [0.1, 0.15) is 29.1 Å². The molecule has 0 bridgehead atoms. The molecule has 1 aromatic heterocycles. The van der Waals surface area contributed by atoms with Crippen molar-refractivity contribution in [2.75, 3.05) is 7.05 Å². The molecule has 0 saturated carbocycles. The maximum Gasteiger partial charge on any atom is 0.433 e. The lowest BCUT2D eigenvalue weighted by Gasteiger charge is -2.24. The fourth-order valence-electron chi connectivity index (χ4n) is 1.89. The number of hydrogen-bond donors (Lipinski definition) is 0. The van der Waals surface area contributed by atoms with Crippen LogP contribution in [0, 0.1) is 21.7 Å². The summed E-state index contributed by atoms with van der Waals surface area (Å²) in [6.07, 6.45) is 0. The van der Waals surface area contributed by atoms with E-state index in [0.717, 1.165) is 18.2 Å². The van der Waals surface area contributed by atoms with Crippen LogP contribution >= 0.6 is 0 Å². The predicted octanol–water partition coefficient (Wildman–Crippen LogP) is 3.30. The van der Waals surface area contributed by atoms with Gasteiger partial charge in [-0.1, -0.05) is 6.07 Å². The maximum atomic E-state index is 13.2. The highest BCUT2D eigenvalue weighted by atomic mass is 19.2. The third kappa shape index (κ3) is 2.95. The number of rotatable bonds is 4. The summed E-state index contributed by atoms with van der Waals surface area (Å²) in [5.74, 6) is -3.35. The van der Waals surface area contributed by atoms with E-state index in [1.807, 2.05) is 0 Å². The van der Waals surface area contributed by atoms with Crippen molar-refractivity contribution in [2.24, 2.45) is 0 Å². The Kier molecular flexibility index (Phi) is 4.20. The Balaban J connectivity index is 2.21. The molecule has 116 valence electrons. The lowest BCUT2D eigenvalue weighted by atomic mass is 10.1. The summed E-state index contributed by atoms with van der Waals surface area (Å²) in [6, 6.07) is 5.01. The average Bonchev–Trinajstić information content (AvgIpc) is 2.98. The van der Waals surface area contributed by atoms with E-state index in [-0.39, 0.29) is 5.76 Å². The van der Waals surface area contributed by atoms with E-state index in [1.165, 1.54) is 24.1 Å². The van der Waals surface area contributed by atoms with Gasteiger partial charge in [-0.2, -0.15) is 0 Å². The smallest absolute Gasteiger partial charge is 0.395 e. The van der Waals surface area contributed by atoms with Crippen LogP contribution in [-0.4, -0.2) is 22.8 Å². The van der Waals surface area contributed by atoms with E-state index >= 15 is 0 Å². The molecule has 1 heterocycles. The van der Waals surface area contributed by atoms with Crippen molar-refractivity contribution in [1.29, 1.82) is 0 Å². The zero-order chi connectivity index (χ0) is 16.4. The fraction of sp³-hybridized carbons (Fsp3) is 0.214. The standard InChI is InChI=1S/C14H12F2N2O4/c1-8(9-3-4-10(15)11(16)7-9)17(2)14(19)12-5-6-13(22-12)18(20)21/h3-8H,1-2H3. The van der Waals surface area contributed by atoms with Gasteiger partial charge < -0.3 is 9.32 Å². The van der Waals surface area contributed by atoms with E-state index in [4.69, 9.17) is 4.42 Å². The Labute approximate surface area is 124 Å². The molecule has 2 rings (SSSR count). The Hall–Kier alpha value is -2.77. The lowest BCUT2D eigenvalue weighted by Crippen LogP contribution is -2.29. The molecule has 0 aliphatic heterocycles. The number of halogens is 2. The van der Waals surface area contributed by atoms with Crippen LogP contribution in [-0.2, 0) is 0 Å². The van der Waals surface area contributed by atoms with Gasteiger partial charge in [-0.25, -0.2) is 8.78 Å². The SMILES string of the molecule is CC(c1ccc(F)c(F)c1)N(C)C(=O)c1ccc([N+](=O)[O-])o1. The van der Waals surface area contributed by atoms with Gasteiger partial charge in [-0.05, 0) is 30.7 Å². The van der Waals surface area contributed by atoms with Crippen molar-refractivity contribution < 1.29 is 22.9 Å². The van der Waals surface area contributed by atoms with Crippen molar-refractivity contribution in [3.8, 4) is 0 Å². The number of furan rings is 1. The average molecular weight is 310 g/mol. The van der Waals surface area contributed by atoms with Gasteiger partial charge in [0.25, 0.3) is 5.91 Å². The quantitative estimate of drug-likeness (QED) is 0.641. The van der Waals surface area contributed by atoms with Gasteiger partial charge in [-0.3, -0.25) is 14.9 Å². The van der Waals surface area contributed by atoms with Gasteiger partial charge in [0.15, 0.2) is 17.4 Å². The minimum atomic E-state index is -1.01. The topological polar surface area (TPSA) is 76.6 Å². The number of carbonyl (C=O) groups is 1. The van der Waals surface area contributed by atoms with Crippen molar-refractivity contribution in [2.45, 2.75) is 13.0 Å². The van der Waals surface area contributed by atoms with Crippen LogP contribution in [0.3, 0.4) is 0 Å². The van der Waals surface area contributed by atoms with Crippen molar-refractivity contribution in [1.82, 2.24) is 4.90 Å². The predicted molar refractivity (Wildman–Crippen MR) is 72.2 cm³/mol. The summed E-state index contributed by atoms with van der Waals surface area (Å²) in [5, 5.41) is 10.5. The fourth-order valence-corrected chi connectivity index (χ4v) is 1.89. The second kappa shape index (κ2) is 5.92. The molecule has 0 fully saturated rings. The van der Waals surface area contributed by atoms with Crippen LogP contribution < -0.4 is 0 Å². The van der Waals surface area contributed by atoms with Gasteiger partial charge in [0.05, 0.1) is 12.1 Å². The Morgan fingerprint density at radius 1 is 1.27 bits per heavy atom. The zero-order valence-electron chi connectivity index (χ0n) is 11.7. The molecule has 1 aromatic carbocycles. The second-order valence-corrected chi connectivity index (χ2v) is 4.66. The molecule has 0 spiro atoms. The van der Waals surface area contributed by atoms with Gasteiger partial charge >= 0.3 is 5.88 Å². The number of nitro groups is 1. The number of benzene rings is 1. The molecule has 6 nitrogen and oxygen atoms in total. The minimum Gasteiger partial charge on any atom is -0.395 e. The molecule has 1 amide bonds. The second-order valence-electron chi connectivity index (χ2n) is 4.66. The monoisotopic (exact) mass is 310 g/mol. The van der Waals surface area contributed by atoms with Gasteiger partial charge in [0, 0.05) is 7.05 Å². The third-order valence-electron chi connectivity index (χ3n) is 3.31. The van der Waals surface area contributed by atoms with E-state index in [9.17, 15) is 23.7 Å². The normalized spacial score (nSPS) is 12.0. The first kappa shape index (κ1) is 15.6. The number of hydrogen-bond acceptors (Lipinski definition) is 4. The van der Waals surface area contributed by atoms with Gasteiger partial charge in [-0.15, -0.1) is 0 Å². The van der Waals surface area contributed by atoms with E-state index in [1.54, 1.807) is 6.92 Å². The summed E-state index contributed by atoms with van der Waals surface area (Å²) in [4.78, 5) is 23.2. The molecular formula is C14H12F2N2O4. The molecule has 0 radical (unpaired) electrons. The Morgan fingerprint density at radius 3 is 2.50 bits per heavy atom. The van der Waals surface area contributed by atoms with Gasteiger partial charge in [0.1, 0.15) is 4.92 Å². The highest BCUT2D eigenvalue weighted by Crippen LogP contribution is 2.24.